The largest absolute Gasteiger partial charge is 0.347 e. The fourth-order valence-corrected chi connectivity index (χ4v) is 6.23. The molecule has 3 aromatic carbocycles. The standard InChI is InChI=1S/C31H29N5O3S/c32-21-26(31(37)33-22-24-11-4-1-5-12-24)19-27-23-36(28-14-6-2-7-15-28)34-30(27)25-13-10-16-29(20-25)40(38,39)35-17-8-3-9-18-35/h1-2,4-7,10-16,19-20,23H,3,8-9,17-18,22H2,(H,33,37)/b26-19-. The molecule has 1 N–H and O–H groups in total. The van der Waals surface area contributed by atoms with E-state index in [-0.39, 0.29) is 17.0 Å². The van der Waals surface area contributed by atoms with Crippen molar-refractivity contribution in [2.24, 2.45) is 0 Å². The van der Waals surface area contributed by atoms with E-state index in [0.717, 1.165) is 30.5 Å². The summed E-state index contributed by atoms with van der Waals surface area (Å²) in [4.78, 5) is 13.1. The molecular formula is C31H29N5O3S. The average Bonchev–Trinajstić information content (AvgIpc) is 3.44. The van der Waals surface area contributed by atoms with Crippen molar-refractivity contribution in [3.05, 3.63) is 108 Å². The monoisotopic (exact) mass is 551 g/mol. The van der Waals surface area contributed by atoms with Crippen molar-refractivity contribution in [3.8, 4) is 23.0 Å². The molecule has 5 rings (SSSR count). The average molecular weight is 552 g/mol. The zero-order valence-corrected chi connectivity index (χ0v) is 22.7. The van der Waals surface area contributed by atoms with Gasteiger partial charge in [0.1, 0.15) is 17.3 Å². The molecule has 40 heavy (non-hydrogen) atoms. The molecule has 4 aromatic rings. The molecule has 8 nitrogen and oxygen atoms in total. The van der Waals surface area contributed by atoms with Crippen molar-refractivity contribution < 1.29 is 13.2 Å². The van der Waals surface area contributed by atoms with Crippen LogP contribution in [0, 0.1) is 11.3 Å². The van der Waals surface area contributed by atoms with E-state index in [2.05, 4.69) is 5.32 Å². The Kier molecular flexibility index (Phi) is 8.20. The number of amides is 1. The van der Waals surface area contributed by atoms with Crippen LogP contribution in [0.4, 0.5) is 0 Å². The highest BCUT2D eigenvalue weighted by atomic mass is 32.2. The van der Waals surface area contributed by atoms with Crippen LogP contribution in [-0.4, -0.2) is 41.5 Å². The molecule has 0 atom stereocenters. The van der Waals surface area contributed by atoms with Crippen molar-refractivity contribution in [2.75, 3.05) is 13.1 Å². The summed E-state index contributed by atoms with van der Waals surface area (Å²) in [6.07, 6.45) is 5.95. The molecule has 1 amide bonds. The summed E-state index contributed by atoms with van der Waals surface area (Å²) in [5.41, 5.74) is 3.17. The molecule has 0 bridgehead atoms. The summed E-state index contributed by atoms with van der Waals surface area (Å²) in [6, 6.07) is 27.6. The number of piperidine rings is 1. The summed E-state index contributed by atoms with van der Waals surface area (Å²) >= 11 is 0. The second-order valence-electron chi connectivity index (χ2n) is 9.54. The van der Waals surface area contributed by atoms with Crippen LogP contribution in [0.1, 0.15) is 30.4 Å². The van der Waals surface area contributed by atoms with Gasteiger partial charge < -0.3 is 5.32 Å². The first-order valence-corrected chi connectivity index (χ1v) is 14.6. The molecule has 0 aliphatic carbocycles. The lowest BCUT2D eigenvalue weighted by molar-refractivity contribution is -0.117. The topological polar surface area (TPSA) is 108 Å². The number of benzene rings is 3. The fraction of sp³-hybridized carbons (Fsp3) is 0.194. The molecule has 0 radical (unpaired) electrons. The van der Waals surface area contributed by atoms with E-state index < -0.39 is 15.9 Å². The van der Waals surface area contributed by atoms with Crippen LogP contribution in [0.3, 0.4) is 0 Å². The van der Waals surface area contributed by atoms with Crippen molar-refractivity contribution in [2.45, 2.75) is 30.7 Å². The molecule has 0 unspecified atom stereocenters. The zero-order valence-electron chi connectivity index (χ0n) is 21.9. The lowest BCUT2D eigenvalue weighted by Crippen LogP contribution is -2.35. The smallest absolute Gasteiger partial charge is 0.262 e. The van der Waals surface area contributed by atoms with Gasteiger partial charge in [0.25, 0.3) is 5.91 Å². The number of carbonyl (C=O) groups excluding carboxylic acids is 1. The van der Waals surface area contributed by atoms with Crippen LogP contribution < -0.4 is 5.32 Å². The number of carbonyl (C=O) groups is 1. The number of para-hydroxylation sites is 1. The molecule has 0 spiro atoms. The molecule has 9 heteroatoms. The predicted octanol–water partition coefficient (Wildman–Crippen LogP) is 4.94. The highest BCUT2D eigenvalue weighted by Gasteiger charge is 2.26. The predicted molar refractivity (Wildman–Crippen MR) is 153 cm³/mol. The van der Waals surface area contributed by atoms with E-state index in [4.69, 9.17) is 5.10 Å². The molecule has 1 saturated heterocycles. The van der Waals surface area contributed by atoms with Gasteiger partial charge in [0.05, 0.1) is 10.6 Å². The lowest BCUT2D eigenvalue weighted by Gasteiger charge is -2.26. The van der Waals surface area contributed by atoms with Crippen LogP contribution in [0.5, 0.6) is 0 Å². The molecule has 0 saturated carbocycles. The van der Waals surface area contributed by atoms with E-state index in [1.165, 1.54) is 10.4 Å². The van der Waals surface area contributed by atoms with Gasteiger partial charge in [0.2, 0.25) is 10.0 Å². The number of aromatic nitrogens is 2. The van der Waals surface area contributed by atoms with Gasteiger partial charge >= 0.3 is 0 Å². The number of nitrogens with one attached hydrogen (secondary N) is 1. The second-order valence-corrected chi connectivity index (χ2v) is 11.5. The fourth-order valence-electron chi connectivity index (χ4n) is 4.67. The SMILES string of the molecule is N#C/C(=C/c1cn(-c2ccccc2)nc1-c1cccc(S(=O)(=O)N2CCCCC2)c1)C(=O)NCc1ccccc1. The molecular weight excluding hydrogens is 522 g/mol. The molecule has 1 aliphatic rings. The van der Waals surface area contributed by atoms with Crippen LogP contribution in [0.2, 0.25) is 0 Å². The maximum Gasteiger partial charge on any atom is 0.262 e. The van der Waals surface area contributed by atoms with E-state index in [1.807, 2.05) is 66.7 Å². The first kappa shape index (κ1) is 27.1. The van der Waals surface area contributed by atoms with Gasteiger partial charge in [-0.05, 0) is 48.7 Å². The number of hydrogen-bond donors (Lipinski definition) is 1. The number of rotatable bonds is 8. The Labute approximate surface area is 234 Å². The van der Waals surface area contributed by atoms with E-state index in [1.54, 1.807) is 35.1 Å². The Hall–Kier alpha value is -4.52. The molecule has 1 fully saturated rings. The Morgan fingerprint density at radius 3 is 2.35 bits per heavy atom. The molecule has 1 aliphatic heterocycles. The lowest BCUT2D eigenvalue weighted by atomic mass is 10.1. The quantitative estimate of drug-likeness (QED) is 0.247. The van der Waals surface area contributed by atoms with E-state index >= 15 is 0 Å². The summed E-state index contributed by atoms with van der Waals surface area (Å²) in [6.45, 7) is 1.30. The first-order chi connectivity index (χ1) is 19.5. The Bertz CT molecular complexity index is 1670. The highest BCUT2D eigenvalue weighted by Crippen LogP contribution is 2.29. The van der Waals surface area contributed by atoms with Gasteiger partial charge in [0, 0.05) is 37.0 Å². The van der Waals surface area contributed by atoms with Crippen LogP contribution in [-0.2, 0) is 21.4 Å². The second kappa shape index (κ2) is 12.1. The minimum atomic E-state index is -3.66. The van der Waals surface area contributed by atoms with Crippen LogP contribution in [0.15, 0.2) is 102 Å². The third kappa shape index (κ3) is 6.04. The first-order valence-electron chi connectivity index (χ1n) is 13.2. The van der Waals surface area contributed by atoms with E-state index in [9.17, 15) is 18.5 Å². The minimum absolute atomic E-state index is 0.0816. The van der Waals surface area contributed by atoms with Gasteiger partial charge in [-0.15, -0.1) is 0 Å². The summed E-state index contributed by atoms with van der Waals surface area (Å²) in [5, 5.41) is 17.4. The van der Waals surface area contributed by atoms with Crippen molar-refractivity contribution >= 4 is 22.0 Å². The maximum atomic E-state index is 13.4. The number of sulfonamides is 1. The van der Waals surface area contributed by atoms with Crippen LogP contribution in [0.25, 0.3) is 23.0 Å². The normalized spacial score (nSPS) is 14.4. The van der Waals surface area contributed by atoms with Crippen molar-refractivity contribution in [1.29, 1.82) is 5.26 Å². The van der Waals surface area contributed by atoms with E-state index in [0.29, 0.717) is 29.9 Å². The zero-order chi connectivity index (χ0) is 28.0. The number of hydrogen-bond acceptors (Lipinski definition) is 5. The van der Waals surface area contributed by atoms with Crippen molar-refractivity contribution in [1.82, 2.24) is 19.4 Å². The number of nitrogens with zero attached hydrogens (tertiary/aromatic N) is 4. The van der Waals surface area contributed by atoms with Crippen molar-refractivity contribution in [3.63, 3.8) is 0 Å². The maximum absolute atomic E-state index is 13.4. The molecule has 1 aromatic heterocycles. The van der Waals surface area contributed by atoms with Gasteiger partial charge in [-0.25, -0.2) is 13.1 Å². The van der Waals surface area contributed by atoms with Gasteiger partial charge in [0.15, 0.2) is 0 Å². The van der Waals surface area contributed by atoms with Crippen LogP contribution >= 0.6 is 0 Å². The summed E-state index contributed by atoms with van der Waals surface area (Å²) < 4.78 is 29.9. The van der Waals surface area contributed by atoms with Gasteiger partial charge in [-0.2, -0.15) is 14.7 Å². The Balaban J connectivity index is 1.52. The number of nitriles is 1. The third-order valence-electron chi connectivity index (χ3n) is 6.78. The van der Waals surface area contributed by atoms with Gasteiger partial charge in [-0.3, -0.25) is 4.79 Å². The minimum Gasteiger partial charge on any atom is -0.347 e. The highest BCUT2D eigenvalue weighted by molar-refractivity contribution is 7.89. The Morgan fingerprint density at radius 1 is 0.950 bits per heavy atom. The molecule has 2 heterocycles. The Morgan fingerprint density at radius 2 is 1.65 bits per heavy atom. The molecule has 202 valence electrons. The summed E-state index contributed by atoms with van der Waals surface area (Å²) in [5.74, 6) is -0.508. The third-order valence-corrected chi connectivity index (χ3v) is 8.68. The van der Waals surface area contributed by atoms with Gasteiger partial charge in [-0.1, -0.05) is 67.1 Å². The summed E-state index contributed by atoms with van der Waals surface area (Å²) in [7, 11) is -3.66.